The van der Waals surface area contributed by atoms with Crippen LogP contribution in [-0.4, -0.2) is 9.97 Å². The predicted molar refractivity (Wildman–Crippen MR) is 77.4 cm³/mol. The van der Waals surface area contributed by atoms with Crippen molar-refractivity contribution in [2.75, 3.05) is 0 Å². The van der Waals surface area contributed by atoms with Crippen LogP contribution in [0.3, 0.4) is 0 Å². The number of rotatable bonds is 1. The number of hydrogen-bond donors (Lipinski definition) is 1. The van der Waals surface area contributed by atoms with E-state index in [9.17, 15) is 0 Å². The van der Waals surface area contributed by atoms with Gasteiger partial charge in [-0.15, -0.1) is 0 Å². The maximum atomic E-state index is 6.18. The van der Waals surface area contributed by atoms with Crippen LogP contribution in [-0.2, 0) is 6.42 Å². The molecule has 1 aromatic heterocycles. The van der Waals surface area contributed by atoms with Gasteiger partial charge in [-0.1, -0.05) is 23.2 Å². The first-order chi connectivity index (χ1) is 9.15. The highest BCUT2D eigenvalue weighted by Crippen LogP contribution is 2.31. The van der Waals surface area contributed by atoms with Crippen LogP contribution >= 0.6 is 23.2 Å². The van der Waals surface area contributed by atoms with E-state index in [1.54, 1.807) is 18.2 Å². The highest BCUT2D eigenvalue weighted by Gasteiger charge is 2.19. The highest BCUT2D eigenvalue weighted by atomic mass is 35.5. The van der Waals surface area contributed by atoms with Crippen LogP contribution in [0.25, 0.3) is 11.4 Å². The van der Waals surface area contributed by atoms with Crippen molar-refractivity contribution in [3.63, 3.8) is 0 Å². The fourth-order valence-electron chi connectivity index (χ4n) is 2.38. The van der Waals surface area contributed by atoms with Gasteiger partial charge in [-0.05, 0) is 37.5 Å². The molecule has 3 nitrogen and oxygen atoms in total. The topological polar surface area (TPSA) is 51.8 Å². The molecule has 1 atom stereocenters. The van der Waals surface area contributed by atoms with Gasteiger partial charge in [-0.2, -0.15) is 0 Å². The van der Waals surface area contributed by atoms with Crippen LogP contribution in [0.15, 0.2) is 24.4 Å². The monoisotopic (exact) mass is 293 g/mol. The van der Waals surface area contributed by atoms with Gasteiger partial charge in [0.15, 0.2) is 5.82 Å². The fraction of sp³-hybridized carbons (Fsp3) is 0.286. The molecule has 1 aromatic carbocycles. The van der Waals surface area contributed by atoms with Crippen LogP contribution in [0, 0.1) is 0 Å². The minimum absolute atomic E-state index is 0.0487. The van der Waals surface area contributed by atoms with Gasteiger partial charge in [0.25, 0.3) is 0 Å². The van der Waals surface area contributed by atoms with Gasteiger partial charge in [-0.3, -0.25) is 0 Å². The van der Waals surface area contributed by atoms with E-state index < -0.39 is 0 Å². The third-order valence-corrected chi connectivity index (χ3v) is 3.96. The lowest BCUT2D eigenvalue weighted by Gasteiger charge is -2.21. The van der Waals surface area contributed by atoms with Gasteiger partial charge in [-0.25, -0.2) is 9.97 Å². The standard InChI is InChI=1S/C14H13Cl2N3/c15-8-4-5-11(16)9(6-8)14-18-7-10-12(17)2-1-3-13(10)19-14/h4-7,12H,1-3,17H2. The molecule has 0 spiro atoms. The molecule has 0 aliphatic heterocycles. The average Bonchev–Trinajstić information content (AvgIpc) is 2.41. The van der Waals surface area contributed by atoms with Crippen LogP contribution in [0.1, 0.15) is 30.1 Å². The molecule has 5 heteroatoms. The molecule has 2 aromatic rings. The lowest BCUT2D eigenvalue weighted by Crippen LogP contribution is -2.19. The van der Waals surface area contributed by atoms with Crippen molar-refractivity contribution in [2.24, 2.45) is 5.73 Å². The Balaban J connectivity index is 2.09. The number of aromatic nitrogens is 2. The zero-order valence-electron chi connectivity index (χ0n) is 10.2. The summed E-state index contributed by atoms with van der Waals surface area (Å²) in [7, 11) is 0. The number of nitrogens with zero attached hydrogens (tertiary/aromatic N) is 2. The predicted octanol–water partition coefficient (Wildman–Crippen LogP) is 3.79. The van der Waals surface area contributed by atoms with Gasteiger partial charge < -0.3 is 5.73 Å². The molecule has 0 saturated carbocycles. The molecule has 2 N–H and O–H groups in total. The Morgan fingerprint density at radius 1 is 1.26 bits per heavy atom. The summed E-state index contributed by atoms with van der Waals surface area (Å²) < 4.78 is 0. The van der Waals surface area contributed by atoms with Gasteiger partial charge >= 0.3 is 0 Å². The zero-order valence-corrected chi connectivity index (χ0v) is 11.7. The number of fused-ring (bicyclic) bond motifs is 1. The maximum Gasteiger partial charge on any atom is 0.160 e. The highest BCUT2D eigenvalue weighted by molar-refractivity contribution is 6.35. The van der Waals surface area contributed by atoms with Gasteiger partial charge in [0, 0.05) is 34.1 Å². The van der Waals surface area contributed by atoms with Crippen LogP contribution < -0.4 is 5.73 Å². The smallest absolute Gasteiger partial charge is 0.160 e. The van der Waals surface area contributed by atoms with Crippen molar-refractivity contribution in [1.82, 2.24) is 9.97 Å². The summed E-state index contributed by atoms with van der Waals surface area (Å²) in [4.78, 5) is 8.98. The molecule has 1 unspecified atom stereocenters. The Morgan fingerprint density at radius 2 is 2.11 bits per heavy atom. The Kier molecular flexibility index (Phi) is 3.44. The Hall–Kier alpha value is -1.16. The first-order valence-corrected chi connectivity index (χ1v) is 6.97. The van der Waals surface area contributed by atoms with E-state index >= 15 is 0 Å². The lowest BCUT2D eigenvalue weighted by atomic mass is 9.93. The molecule has 1 heterocycles. The molecular weight excluding hydrogens is 281 g/mol. The molecule has 0 saturated heterocycles. The molecule has 1 aliphatic carbocycles. The van der Waals surface area contributed by atoms with E-state index in [4.69, 9.17) is 28.9 Å². The number of aryl methyl sites for hydroxylation is 1. The summed E-state index contributed by atoms with van der Waals surface area (Å²) in [5, 5.41) is 1.22. The molecule has 98 valence electrons. The van der Waals surface area contributed by atoms with E-state index in [0.717, 1.165) is 36.1 Å². The molecular formula is C14H13Cl2N3. The van der Waals surface area contributed by atoms with Crippen molar-refractivity contribution >= 4 is 23.2 Å². The molecule has 19 heavy (non-hydrogen) atoms. The van der Waals surface area contributed by atoms with Crippen LogP contribution in [0.2, 0.25) is 10.0 Å². The summed E-state index contributed by atoms with van der Waals surface area (Å²) in [6.45, 7) is 0. The summed E-state index contributed by atoms with van der Waals surface area (Å²) in [6, 6.07) is 5.34. The van der Waals surface area contributed by atoms with Crippen LogP contribution in [0.5, 0.6) is 0 Å². The first-order valence-electron chi connectivity index (χ1n) is 6.22. The Bertz CT molecular complexity index is 628. The lowest BCUT2D eigenvalue weighted by molar-refractivity contribution is 0.557. The van der Waals surface area contributed by atoms with Crippen molar-refractivity contribution in [3.8, 4) is 11.4 Å². The van der Waals surface area contributed by atoms with E-state index in [1.165, 1.54) is 0 Å². The third kappa shape index (κ3) is 2.46. The Labute approximate surface area is 121 Å². The number of halogens is 2. The van der Waals surface area contributed by atoms with Crippen molar-refractivity contribution in [2.45, 2.75) is 25.3 Å². The normalized spacial score (nSPS) is 18.2. The Morgan fingerprint density at radius 3 is 2.95 bits per heavy atom. The number of benzene rings is 1. The molecule has 0 bridgehead atoms. The SMILES string of the molecule is NC1CCCc2nc(-c3cc(Cl)ccc3Cl)ncc21. The van der Waals surface area contributed by atoms with Crippen molar-refractivity contribution in [1.29, 1.82) is 0 Å². The number of hydrogen-bond acceptors (Lipinski definition) is 3. The first kappa shape index (κ1) is 12.9. The summed E-state index contributed by atoms with van der Waals surface area (Å²) in [6.07, 6.45) is 4.82. The fourth-order valence-corrected chi connectivity index (χ4v) is 2.75. The second-order valence-electron chi connectivity index (χ2n) is 4.72. The molecule has 0 amide bonds. The molecule has 0 radical (unpaired) electrons. The largest absolute Gasteiger partial charge is 0.324 e. The molecule has 3 rings (SSSR count). The zero-order chi connectivity index (χ0) is 13.4. The van der Waals surface area contributed by atoms with E-state index in [0.29, 0.717) is 15.9 Å². The van der Waals surface area contributed by atoms with E-state index in [2.05, 4.69) is 9.97 Å². The third-order valence-electron chi connectivity index (χ3n) is 3.40. The summed E-state index contributed by atoms with van der Waals surface area (Å²) in [5.41, 5.74) is 8.90. The van der Waals surface area contributed by atoms with Crippen molar-refractivity contribution in [3.05, 3.63) is 45.7 Å². The quantitative estimate of drug-likeness (QED) is 0.870. The van der Waals surface area contributed by atoms with Gasteiger partial charge in [0.05, 0.1) is 5.02 Å². The molecule has 0 fully saturated rings. The molecule has 1 aliphatic rings. The number of nitrogens with two attached hydrogens (primary N) is 1. The average molecular weight is 294 g/mol. The maximum absolute atomic E-state index is 6.18. The van der Waals surface area contributed by atoms with E-state index in [1.807, 2.05) is 6.20 Å². The van der Waals surface area contributed by atoms with Gasteiger partial charge in [0.2, 0.25) is 0 Å². The van der Waals surface area contributed by atoms with E-state index in [-0.39, 0.29) is 6.04 Å². The van der Waals surface area contributed by atoms with Gasteiger partial charge in [0.1, 0.15) is 0 Å². The van der Waals surface area contributed by atoms with Crippen LogP contribution in [0.4, 0.5) is 0 Å². The van der Waals surface area contributed by atoms with Crippen molar-refractivity contribution < 1.29 is 0 Å². The summed E-state index contributed by atoms with van der Waals surface area (Å²) >= 11 is 12.2. The minimum atomic E-state index is 0.0487. The second kappa shape index (κ2) is 5.08. The minimum Gasteiger partial charge on any atom is -0.324 e. The summed E-state index contributed by atoms with van der Waals surface area (Å²) in [5.74, 6) is 0.611. The second-order valence-corrected chi connectivity index (χ2v) is 5.56.